The van der Waals surface area contributed by atoms with Gasteiger partial charge in [-0.05, 0) is 48.5 Å². The highest BCUT2D eigenvalue weighted by Gasteiger charge is 2.34. The van der Waals surface area contributed by atoms with Crippen LogP contribution >= 0.6 is 0 Å². The molecular formula is C20H11F6N5. The lowest BCUT2D eigenvalue weighted by Gasteiger charge is -2.13. The first-order valence-corrected chi connectivity index (χ1v) is 8.72. The molecule has 0 radical (unpaired) electrons. The van der Waals surface area contributed by atoms with Gasteiger partial charge in [-0.25, -0.2) is 4.98 Å². The molecule has 0 unspecified atom stereocenters. The molecule has 4 aromatic rings. The van der Waals surface area contributed by atoms with Gasteiger partial charge >= 0.3 is 12.4 Å². The third-order valence-electron chi connectivity index (χ3n) is 4.35. The Morgan fingerprint density at radius 2 is 1.55 bits per heavy atom. The van der Waals surface area contributed by atoms with Gasteiger partial charge in [-0.15, -0.1) is 5.10 Å². The predicted molar refractivity (Wildman–Crippen MR) is 100 cm³/mol. The van der Waals surface area contributed by atoms with Crippen molar-refractivity contribution >= 4 is 22.4 Å². The highest BCUT2D eigenvalue weighted by atomic mass is 19.4. The van der Waals surface area contributed by atoms with Crippen LogP contribution in [0.5, 0.6) is 0 Å². The number of alkyl halides is 6. The zero-order chi connectivity index (χ0) is 22.2. The van der Waals surface area contributed by atoms with Crippen molar-refractivity contribution in [3.63, 3.8) is 0 Å². The van der Waals surface area contributed by atoms with E-state index in [2.05, 4.69) is 25.5 Å². The van der Waals surface area contributed by atoms with E-state index in [9.17, 15) is 26.3 Å². The fourth-order valence-corrected chi connectivity index (χ4v) is 2.91. The number of pyridine rings is 2. The van der Waals surface area contributed by atoms with Crippen LogP contribution in [-0.4, -0.2) is 20.2 Å². The molecule has 158 valence electrons. The van der Waals surface area contributed by atoms with Crippen molar-refractivity contribution in [2.75, 3.05) is 5.32 Å². The summed E-state index contributed by atoms with van der Waals surface area (Å²) >= 11 is 0. The summed E-state index contributed by atoms with van der Waals surface area (Å²) in [6, 6.07) is 9.29. The van der Waals surface area contributed by atoms with Gasteiger partial charge in [0.1, 0.15) is 5.69 Å². The van der Waals surface area contributed by atoms with Crippen LogP contribution in [0.1, 0.15) is 11.1 Å². The topological polar surface area (TPSA) is 63.6 Å². The maximum Gasteiger partial charge on any atom is 0.418 e. The molecule has 0 saturated carbocycles. The molecule has 0 saturated heterocycles. The van der Waals surface area contributed by atoms with Gasteiger partial charge in [-0.1, -0.05) is 0 Å². The van der Waals surface area contributed by atoms with Crippen LogP contribution < -0.4 is 5.32 Å². The highest BCUT2D eigenvalue weighted by Crippen LogP contribution is 2.36. The summed E-state index contributed by atoms with van der Waals surface area (Å²) < 4.78 is 78.0. The number of nitrogens with one attached hydrogen (secondary N) is 1. The molecule has 3 aromatic heterocycles. The minimum absolute atomic E-state index is 0.0404. The van der Waals surface area contributed by atoms with Gasteiger partial charge in [-0.3, -0.25) is 4.98 Å². The zero-order valence-corrected chi connectivity index (χ0v) is 15.3. The number of nitrogens with zero attached hydrogens (tertiary/aromatic N) is 4. The molecule has 4 rings (SSSR count). The Morgan fingerprint density at radius 1 is 0.806 bits per heavy atom. The Labute approximate surface area is 170 Å². The molecule has 1 N–H and O–H groups in total. The minimum atomic E-state index is -4.61. The Kier molecular flexibility index (Phi) is 4.96. The average Bonchev–Trinajstić information content (AvgIpc) is 2.73. The third kappa shape index (κ3) is 4.25. The maximum atomic E-state index is 13.3. The summed E-state index contributed by atoms with van der Waals surface area (Å²) in [6.07, 6.45) is -6.50. The summed E-state index contributed by atoms with van der Waals surface area (Å²) in [5, 5.41) is 11.0. The second-order valence-electron chi connectivity index (χ2n) is 6.42. The Bertz CT molecular complexity index is 1240. The monoisotopic (exact) mass is 435 g/mol. The highest BCUT2D eigenvalue weighted by molar-refractivity contribution is 5.91. The summed E-state index contributed by atoms with van der Waals surface area (Å²) in [7, 11) is 0. The lowest BCUT2D eigenvalue weighted by atomic mass is 10.1. The van der Waals surface area contributed by atoms with Crippen LogP contribution in [-0.2, 0) is 12.4 Å². The Balaban J connectivity index is 1.70. The standard InChI is InChI=1S/C20H11F6N5/c21-19(22,23)11-3-5-12(6-4-11)29-16-10-28-31-18-13(16)7-8-15(30-18)17-14(20(24,25)26)2-1-9-27-17/h1-10H,(H,29,30,31). The largest absolute Gasteiger partial charge is 0.418 e. The van der Waals surface area contributed by atoms with E-state index in [4.69, 9.17) is 0 Å². The van der Waals surface area contributed by atoms with Gasteiger partial charge in [0.25, 0.3) is 0 Å². The van der Waals surface area contributed by atoms with Gasteiger partial charge in [0, 0.05) is 17.3 Å². The lowest BCUT2D eigenvalue weighted by Crippen LogP contribution is -2.09. The van der Waals surface area contributed by atoms with Crippen LogP contribution in [0, 0.1) is 0 Å². The van der Waals surface area contributed by atoms with Crippen molar-refractivity contribution in [2.24, 2.45) is 0 Å². The van der Waals surface area contributed by atoms with E-state index in [0.29, 0.717) is 16.8 Å². The van der Waals surface area contributed by atoms with Gasteiger partial charge in [0.2, 0.25) is 0 Å². The molecule has 0 fully saturated rings. The van der Waals surface area contributed by atoms with Crippen molar-refractivity contribution in [3.05, 3.63) is 72.1 Å². The molecule has 0 bridgehead atoms. The van der Waals surface area contributed by atoms with Gasteiger partial charge in [-0.2, -0.15) is 31.4 Å². The molecule has 0 atom stereocenters. The second kappa shape index (κ2) is 7.49. The normalized spacial score (nSPS) is 12.2. The minimum Gasteiger partial charge on any atom is -0.354 e. The van der Waals surface area contributed by atoms with Crippen molar-refractivity contribution in [1.82, 2.24) is 20.2 Å². The quantitative estimate of drug-likeness (QED) is 0.408. The van der Waals surface area contributed by atoms with Crippen LogP contribution in [0.2, 0.25) is 0 Å². The summed E-state index contributed by atoms with van der Waals surface area (Å²) in [5.41, 5.74) is -1.34. The summed E-state index contributed by atoms with van der Waals surface area (Å²) in [6.45, 7) is 0. The number of aromatic nitrogens is 4. The van der Waals surface area contributed by atoms with E-state index in [0.717, 1.165) is 18.2 Å². The maximum absolute atomic E-state index is 13.3. The van der Waals surface area contributed by atoms with E-state index >= 15 is 0 Å². The van der Waals surface area contributed by atoms with Gasteiger partial charge < -0.3 is 5.32 Å². The SMILES string of the molecule is FC(F)(F)c1ccc(Nc2cnnc3nc(-c4ncccc4C(F)(F)F)ccc23)cc1. The smallest absolute Gasteiger partial charge is 0.354 e. The molecule has 3 heterocycles. The number of rotatable bonds is 3. The fraction of sp³-hybridized carbons (Fsp3) is 0.100. The number of fused-ring (bicyclic) bond motifs is 1. The molecular weight excluding hydrogens is 424 g/mol. The zero-order valence-electron chi connectivity index (χ0n) is 15.3. The van der Waals surface area contributed by atoms with Gasteiger partial charge in [0.05, 0.1) is 28.7 Å². The first-order chi connectivity index (χ1) is 14.6. The van der Waals surface area contributed by atoms with E-state index in [-0.39, 0.29) is 17.0 Å². The summed E-state index contributed by atoms with van der Waals surface area (Å²) in [5.74, 6) is 0. The first kappa shape index (κ1) is 20.5. The Morgan fingerprint density at radius 3 is 2.23 bits per heavy atom. The summed E-state index contributed by atoms with van der Waals surface area (Å²) in [4.78, 5) is 7.95. The first-order valence-electron chi connectivity index (χ1n) is 8.72. The van der Waals surface area contributed by atoms with Gasteiger partial charge in [0.15, 0.2) is 5.65 Å². The van der Waals surface area contributed by atoms with E-state index in [1.165, 1.54) is 42.7 Å². The van der Waals surface area contributed by atoms with Crippen molar-refractivity contribution < 1.29 is 26.3 Å². The Hall–Kier alpha value is -3.76. The van der Waals surface area contributed by atoms with E-state index < -0.39 is 23.5 Å². The number of hydrogen-bond acceptors (Lipinski definition) is 5. The van der Waals surface area contributed by atoms with Crippen molar-refractivity contribution in [3.8, 4) is 11.4 Å². The lowest BCUT2D eigenvalue weighted by molar-refractivity contribution is -0.138. The number of halogens is 6. The molecule has 0 aliphatic carbocycles. The van der Waals surface area contributed by atoms with Crippen LogP contribution in [0.4, 0.5) is 37.7 Å². The second-order valence-corrected chi connectivity index (χ2v) is 6.42. The van der Waals surface area contributed by atoms with E-state index in [1.807, 2.05) is 0 Å². The molecule has 1 aromatic carbocycles. The number of benzene rings is 1. The molecule has 5 nitrogen and oxygen atoms in total. The molecule has 0 spiro atoms. The average molecular weight is 435 g/mol. The number of anilines is 2. The van der Waals surface area contributed by atoms with Crippen LogP contribution in [0.3, 0.4) is 0 Å². The number of hydrogen-bond donors (Lipinski definition) is 1. The van der Waals surface area contributed by atoms with Crippen molar-refractivity contribution in [1.29, 1.82) is 0 Å². The van der Waals surface area contributed by atoms with Crippen molar-refractivity contribution in [2.45, 2.75) is 12.4 Å². The van der Waals surface area contributed by atoms with Crippen LogP contribution in [0.25, 0.3) is 22.4 Å². The van der Waals surface area contributed by atoms with Crippen LogP contribution in [0.15, 0.2) is 60.9 Å². The third-order valence-corrected chi connectivity index (χ3v) is 4.35. The molecule has 0 aliphatic rings. The molecule has 11 heteroatoms. The predicted octanol–water partition coefficient (Wildman–Crippen LogP) is 5.87. The molecule has 0 amide bonds. The van der Waals surface area contributed by atoms with E-state index in [1.54, 1.807) is 0 Å². The molecule has 31 heavy (non-hydrogen) atoms. The molecule has 0 aliphatic heterocycles. The fourth-order valence-electron chi connectivity index (χ4n) is 2.91.